The Balaban J connectivity index is 1.94. The Morgan fingerprint density at radius 1 is 0.720 bits per heavy atom. The molecule has 3 aromatic carbocycles. The number of aryl methyl sites for hydroxylation is 2. The average molecular weight is 344 g/mol. The number of hydrogen-bond acceptors (Lipinski definition) is 1. The summed E-state index contributed by atoms with van der Waals surface area (Å²) < 4.78 is 0. The summed E-state index contributed by atoms with van der Waals surface area (Å²) in [6.07, 6.45) is 0. The zero-order valence-electron chi connectivity index (χ0n) is 14.3. The first-order valence-corrected chi connectivity index (χ1v) is 8.73. The number of nitrogens with zero attached hydrogens (tertiary/aromatic N) is 1. The van der Waals surface area contributed by atoms with E-state index in [9.17, 15) is 0 Å². The second-order valence-electron chi connectivity index (χ2n) is 6.37. The van der Waals surface area contributed by atoms with Gasteiger partial charge in [0.1, 0.15) is 5.15 Å². The molecule has 0 saturated carbocycles. The molecule has 2 heteroatoms. The summed E-state index contributed by atoms with van der Waals surface area (Å²) in [6.45, 7) is 4.23. The van der Waals surface area contributed by atoms with Crippen LogP contribution in [-0.4, -0.2) is 4.98 Å². The van der Waals surface area contributed by atoms with Crippen LogP contribution in [0.2, 0.25) is 5.15 Å². The van der Waals surface area contributed by atoms with Crippen LogP contribution in [0.25, 0.3) is 33.2 Å². The minimum atomic E-state index is 0.555. The SMILES string of the molecule is Cc1ccc(-c2ccc3nc(Cl)c(-c4ccccc4)c(C)c3c2)cc1. The van der Waals surface area contributed by atoms with Crippen LogP contribution in [0.4, 0.5) is 0 Å². The topological polar surface area (TPSA) is 12.9 Å². The first-order chi connectivity index (χ1) is 12.1. The van der Waals surface area contributed by atoms with E-state index in [2.05, 4.69) is 73.4 Å². The second kappa shape index (κ2) is 6.34. The highest BCUT2D eigenvalue weighted by Crippen LogP contribution is 2.35. The fraction of sp³-hybridized carbons (Fsp3) is 0.0870. The van der Waals surface area contributed by atoms with E-state index in [-0.39, 0.29) is 0 Å². The lowest BCUT2D eigenvalue weighted by atomic mass is 9.96. The molecular weight excluding hydrogens is 326 g/mol. The van der Waals surface area contributed by atoms with Crippen molar-refractivity contribution >= 4 is 22.5 Å². The maximum Gasteiger partial charge on any atom is 0.137 e. The highest BCUT2D eigenvalue weighted by molar-refractivity contribution is 6.33. The zero-order valence-corrected chi connectivity index (χ0v) is 15.0. The first kappa shape index (κ1) is 15.9. The van der Waals surface area contributed by atoms with Crippen molar-refractivity contribution in [2.75, 3.05) is 0 Å². The third-order valence-corrected chi connectivity index (χ3v) is 4.92. The third kappa shape index (κ3) is 2.92. The summed E-state index contributed by atoms with van der Waals surface area (Å²) in [4.78, 5) is 4.63. The van der Waals surface area contributed by atoms with Crippen molar-refractivity contribution in [3.05, 3.63) is 89.1 Å². The lowest BCUT2D eigenvalue weighted by molar-refractivity contribution is 1.36. The Morgan fingerprint density at radius 3 is 2.12 bits per heavy atom. The van der Waals surface area contributed by atoms with Crippen molar-refractivity contribution in [1.82, 2.24) is 4.98 Å². The van der Waals surface area contributed by atoms with Crippen molar-refractivity contribution < 1.29 is 0 Å². The van der Waals surface area contributed by atoms with E-state index in [0.29, 0.717) is 5.15 Å². The minimum Gasteiger partial charge on any atom is -0.235 e. The van der Waals surface area contributed by atoms with Gasteiger partial charge in [0.25, 0.3) is 0 Å². The summed E-state index contributed by atoms with van der Waals surface area (Å²) in [5, 5.41) is 1.70. The maximum absolute atomic E-state index is 6.51. The molecule has 0 bridgehead atoms. The van der Waals surface area contributed by atoms with Gasteiger partial charge in [0.05, 0.1) is 5.52 Å². The molecule has 122 valence electrons. The fourth-order valence-corrected chi connectivity index (χ4v) is 3.59. The van der Waals surface area contributed by atoms with Gasteiger partial charge in [-0.25, -0.2) is 4.98 Å². The second-order valence-corrected chi connectivity index (χ2v) is 6.72. The fourth-order valence-electron chi connectivity index (χ4n) is 3.25. The van der Waals surface area contributed by atoms with Gasteiger partial charge in [-0.15, -0.1) is 0 Å². The van der Waals surface area contributed by atoms with Crippen LogP contribution in [0, 0.1) is 13.8 Å². The molecule has 0 aliphatic rings. The molecule has 25 heavy (non-hydrogen) atoms. The lowest BCUT2D eigenvalue weighted by Gasteiger charge is -2.13. The van der Waals surface area contributed by atoms with E-state index in [1.165, 1.54) is 16.7 Å². The first-order valence-electron chi connectivity index (χ1n) is 8.36. The summed E-state index contributed by atoms with van der Waals surface area (Å²) >= 11 is 6.51. The van der Waals surface area contributed by atoms with E-state index >= 15 is 0 Å². The van der Waals surface area contributed by atoms with Gasteiger partial charge in [0, 0.05) is 10.9 Å². The number of pyridine rings is 1. The van der Waals surface area contributed by atoms with Crippen molar-refractivity contribution in [2.45, 2.75) is 13.8 Å². The van der Waals surface area contributed by atoms with Gasteiger partial charge in [0.2, 0.25) is 0 Å². The average Bonchev–Trinajstić information content (AvgIpc) is 2.63. The smallest absolute Gasteiger partial charge is 0.137 e. The molecule has 0 atom stereocenters. The van der Waals surface area contributed by atoms with Gasteiger partial charge in [-0.05, 0) is 48.2 Å². The third-order valence-electron chi connectivity index (χ3n) is 4.65. The van der Waals surface area contributed by atoms with Crippen LogP contribution in [0.1, 0.15) is 11.1 Å². The molecule has 4 rings (SSSR count). The summed E-state index contributed by atoms with van der Waals surface area (Å²) in [6, 6.07) is 25.2. The van der Waals surface area contributed by atoms with E-state index in [0.717, 1.165) is 27.6 Å². The summed E-state index contributed by atoms with van der Waals surface area (Å²) in [7, 11) is 0. The lowest BCUT2D eigenvalue weighted by Crippen LogP contribution is -1.92. The maximum atomic E-state index is 6.51. The molecule has 0 fully saturated rings. The highest BCUT2D eigenvalue weighted by atomic mass is 35.5. The van der Waals surface area contributed by atoms with E-state index < -0.39 is 0 Å². The molecule has 0 amide bonds. The van der Waals surface area contributed by atoms with E-state index in [1.807, 2.05) is 18.2 Å². The molecule has 4 aromatic rings. The highest BCUT2D eigenvalue weighted by Gasteiger charge is 2.13. The van der Waals surface area contributed by atoms with Crippen LogP contribution >= 0.6 is 11.6 Å². The number of halogens is 1. The van der Waals surface area contributed by atoms with Crippen molar-refractivity contribution in [3.63, 3.8) is 0 Å². The Morgan fingerprint density at radius 2 is 1.40 bits per heavy atom. The Labute approximate surface area is 152 Å². The van der Waals surface area contributed by atoms with E-state index in [1.54, 1.807) is 0 Å². The van der Waals surface area contributed by atoms with Crippen LogP contribution < -0.4 is 0 Å². The molecule has 0 spiro atoms. The molecule has 0 aliphatic carbocycles. The molecule has 1 heterocycles. The largest absolute Gasteiger partial charge is 0.235 e. The molecule has 1 nitrogen and oxygen atoms in total. The molecule has 0 aliphatic heterocycles. The predicted octanol–water partition coefficient (Wildman–Crippen LogP) is 6.84. The normalized spacial score (nSPS) is 11.0. The zero-order chi connectivity index (χ0) is 17.4. The Kier molecular flexibility index (Phi) is 4.03. The standard InChI is InChI=1S/C23H18ClN/c1-15-8-10-17(11-9-15)19-12-13-21-20(14-19)16(2)22(23(24)25-21)18-6-4-3-5-7-18/h3-14H,1-2H3. The monoisotopic (exact) mass is 343 g/mol. The summed E-state index contributed by atoms with van der Waals surface area (Å²) in [5.74, 6) is 0. The van der Waals surface area contributed by atoms with Crippen molar-refractivity contribution in [3.8, 4) is 22.3 Å². The van der Waals surface area contributed by atoms with Crippen LogP contribution in [-0.2, 0) is 0 Å². The predicted molar refractivity (Wildman–Crippen MR) is 107 cm³/mol. The van der Waals surface area contributed by atoms with Crippen molar-refractivity contribution in [1.29, 1.82) is 0 Å². The van der Waals surface area contributed by atoms with Crippen LogP contribution in [0.15, 0.2) is 72.8 Å². The number of hydrogen-bond donors (Lipinski definition) is 0. The molecule has 0 unspecified atom stereocenters. The molecule has 0 N–H and O–H groups in total. The number of benzene rings is 3. The number of fused-ring (bicyclic) bond motifs is 1. The molecule has 0 saturated heterocycles. The van der Waals surface area contributed by atoms with Gasteiger partial charge in [-0.2, -0.15) is 0 Å². The number of rotatable bonds is 2. The minimum absolute atomic E-state index is 0.555. The van der Waals surface area contributed by atoms with E-state index in [4.69, 9.17) is 11.6 Å². The van der Waals surface area contributed by atoms with Gasteiger partial charge >= 0.3 is 0 Å². The van der Waals surface area contributed by atoms with Gasteiger partial charge in [0.15, 0.2) is 0 Å². The quantitative estimate of drug-likeness (QED) is 0.363. The van der Waals surface area contributed by atoms with Gasteiger partial charge < -0.3 is 0 Å². The van der Waals surface area contributed by atoms with Gasteiger partial charge in [-0.3, -0.25) is 0 Å². The van der Waals surface area contributed by atoms with Crippen molar-refractivity contribution in [2.24, 2.45) is 0 Å². The molecule has 1 aromatic heterocycles. The molecule has 0 radical (unpaired) electrons. The Hall–Kier alpha value is -2.64. The van der Waals surface area contributed by atoms with Gasteiger partial charge in [-0.1, -0.05) is 77.8 Å². The van der Waals surface area contributed by atoms with Crippen LogP contribution in [0.5, 0.6) is 0 Å². The molecular formula is C23H18ClN. The Bertz CT molecular complexity index is 1050. The summed E-state index contributed by atoms with van der Waals surface area (Å²) in [5.41, 5.74) is 7.87. The van der Waals surface area contributed by atoms with Crippen LogP contribution in [0.3, 0.4) is 0 Å². The number of aromatic nitrogens is 1.